The zero-order chi connectivity index (χ0) is 23.0. The lowest BCUT2D eigenvalue weighted by Gasteiger charge is -2.16. The van der Waals surface area contributed by atoms with Crippen molar-refractivity contribution in [2.75, 3.05) is 99.1 Å². The van der Waals surface area contributed by atoms with Crippen LogP contribution in [0.15, 0.2) is 0 Å². The molecule has 0 aliphatic rings. The first-order valence-electron chi connectivity index (χ1n) is 10.8. The highest BCUT2D eigenvalue weighted by Gasteiger charge is 2.12. The molecule has 0 aromatic rings. The maximum absolute atomic E-state index is 10.3. The molecule has 0 aliphatic heterocycles. The smallest absolute Gasteiger partial charge is 0.305 e. The van der Waals surface area contributed by atoms with Crippen molar-refractivity contribution in [1.82, 2.24) is 0 Å². The topological polar surface area (TPSA) is 111 Å². The Labute approximate surface area is 187 Å². The van der Waals surface area contributed by atoms with E-state index < -0.39 is 14.3 Å². The maximum atomic E-state index is 10.3. The van der Waals surface area contributed by atoms with Crippen LogP contribution in [0.1, 0.15) is 6.42 Å². The number of carbonyl (C=O) groups is 1. The molecule has 10 nitrogen and oxygen atoms in total. The molecule has 0 atom stereocenters. The second-order valence-corrected chi connectivity index (χ2v) is 11.9. The third-order valence-corrected chi connectivity index (χ3v) is 4.53. The van der Waals surface area contributed by atoms with Crippen LogP contribution >= 0.6 is 0 Å². The number of hydrogen-bond acceptors (Lipinski definition) is 9. The maximum Gasteiger partial charge on any atom is 0.305 e. The fourth-order valence-corrected chi connectivity index (χ4v) is 2.68. The Balaban J connectivity index is 3.04. The molecular formula is C20H42O10Si. The quantitative estimate of drug-likeness (QED) is 0.155. The summed E-state index contributed by atoms with van der Waals surface area (Å²) in [6, 6.07) is 0. The van der Waals surface area contributed by atoms with Crippen LogP contribution in [0.5, 0.6) is 0 Å². The first kappa shape index (κ1) is 30.4. The van der Waals surface area contributed by atoms with Gasteiger partial charge in [0.1, 0.15) is 0 Å². The molecule has 0 saturated carbocycles. The number of aliphatic carboxylic acids is 1. The van der Waals surface area contributed by atoms with Crippen LogP contribution in [-0.4, -0.2) is 118 Å². The van der Waals surface area contributed by atoms with Gasteiger partial charge in [-0.25, -0.2) is 0 Å². The lowest BCUT2D eigenvalue weighted by atomic mass is 10.5. The van der Waals surface area contributed by atoms with Crippen LogP contribution in [-0.2, 0) is 42.4 Å². The van der Waals surface area contributed by atoms with Crippen molar-refractivity contribution >= 4 is 14.3 Å². The molecule has 1 N–H and O–H groups in total. The van der Waals surface area contributed by atoms with E-state index in [0.717, 1.165) is 0 Å². The monoisotopic (exact) mass is 470 g/mol. The zero-order valence-corrected chi connectivity index (χ0v) is 20.4. The molecule has 11 heteroatoms. The Morgan fingerprint density at radius 1 is 0.516 bits per heavy atom. The molecule has 0 aromatic heterocycles. The van der Waals surface area contributed by atoms with E-state index in [2.05, 4.69) is 19.6 Å². The summed E-state index contributed by atoms with van der Waals surface area (Å²) in [5.74, 6) is -0.867. The van der Waals surface area contributed by atoms with Gasteiger partial charge in [0.15, 0.2) is 8.32 Å². The third-order valence-electron chi connectivity index (χ3n) is 3.46. The average Bonchev–Trinajstić information content (AvgIpc) is 2.70. The molecule has 186 valence electrons. The molecule has 0 heterocycles. The molecule has 0 spiro atoms. The Hall–Kier alpha value is -0.633. The Morgan fingerprint density at radius 2 is 0.774 bits per heavy atom. The van der Waals surface area contributed by atoms with Gasteiger partial charge in [0.2, 0.25) is 0 Å². The summed E-state index contributed by atoms with van der Waals surface area (Å²) in [7, 11) is -1.44. The number of rotatable bonds is 25. The van der Waals surface area contributed by atoms with Gasteiger partial charge in [-0.15, -0.1) is 0 Å². The standard InChI is InChI=1S/C20H42O10Si/c1-31(2,3)30-19-18-29-17-16-28-15-14-27-13-12-26-11-10-25-9-8-24-7-6-23-5-4-20(21)22/h4-19H2,1-3H3,(H,21,22). The highest BCUT2D eigenvalue weighted by Crippen LogP contribution is 2.01. The van der Waals surface area contributed by atoms with Crippen molar-refractivity contribution in [1.29, 1.82) is 0 Å². The van der Waals surface area contributed by atoms with Gasteiger partial charge in [0.25, 0.3) is 0 Å². The molecule has 0 aliphatic carbocycles. The zero-order valence-electron chi connectivity index (χ0n) is 19.4. The van der Waals surface area contributed by atoms with Crippen LogP contribution in [0.4, 0.5) is 0 Å². The van der Waals surface area contributed by atoms with Crippen LogP contribution in [0.2, 0.25) is 19.6 Å². The Bertz CT molecular complexity index is 393. The molecule has 0 bridgehead atoms. The van der Waals surface area contributed by atoms with E-state index in [1.807, 2.05) is 0 Å². The van der Waals surface area contributed by atoms with Gasteiger partial charge in [-0.1, -0.05) is 0 Å². The Morgan fingerprint density at radius 3 is 1.03 bits per heavy atom. The molecule has 0 amide bonds. The molecule has 0 radical (unpaired) electrons. The van der Waals surface area contributed by atoms with Gasteiger partial charge < -0.3 is 42.7 Å². The predicted molar refractivity (Wildman–Crippen MR) is 117 cm³/mol. The molecule has 0 fully saturated rings. The molecule has 0 saturated heterocycles. The lowest BCUT2D eigenvalue weighted by molar-refractivity contribution is -0.138. The third kappa shape index (κ3) is 29.4. The average molecular weight is 471 g/mol. The summed E-state index contributed by atoms with van der Waals surface area (Å²) < 4.78 is 43.1. The number of carboxylic acids is 1. The molecule has 0 unspecified atom stereocenters. The SMILES string of the molecule is C[Si](C)(C)OCCOCCOCCOCCOCCOCCOCCOCCC(=O)O. The minimum atomic E-state index is -1.44. The van der Waals surface area contributed by atoms with Gasteiger partial charge in [-0.05, 0) is 19.6 Å². The van der Waals surface area contributed by atoms with E-state index in [1.165, 1.54) is 0 Å². The Kier molecular flexibility index (Phi) is 22.1. The van der Waals surface area contributed by atoms with Gasteiger partial charge >= 0.3 is 5.97 Å². The first-order chi connectivity index (χ1) is 14.9. The fourth-order valence-electron chi connectivity index (χ4n) is 1.99. The van der Waals surface area contributed by atoms with Gasteiger partial charge in [0, 0.05) is 0 Å². The van der Waals surface area contributed by atoms with Gasteiger partial charge in [-0.2, -0.15) is 0 Å². The van der Waals surface area contributed by atoms with Crippen molar-refractivity contribution in [2.45, 2.75) is 26.1 Å². The first-order valence-corrected chi connectivity index (χ1v) is 14.2. The predicted octanol–water partition coefficient (Wildman–Crippen LogP) is 1.43. The summed E-state index contributed by atoms with van der Waals surface area (Å²) in [4.78, 5) is 10.3. The van der Waals surface area contributed by atoms with Crippen LogP contribution in [0.25, 0.3) is 0 Å². The van der Waals surface area contributed by atoms with Crippen LogP contribution in [0.3, 0.4) is 0 Å². The second-order valence-electron chi connectivity index (χ2n) is 7.39. The van der Waals surface area contributed by atoms with E-state index in [9.17, 15) is 4.79 Å². The summed E-state index contributed by atoms with van der Waals surface area (Å²) in [5, 5.41) is 8.45. The normalized spacial score (nSPS) is 11.8. The van der Waals surface area contributed by atoms with Crippen LogP contribution < -0.4 is 0 Å². The second kappa shape index (κ2) is 22.6. The minimum Gasteiger partial charge on any atom is -0.481 e. The number of hydrogen-bond donors (Lipinski definition) is 1. The molecule has 31 heavy (non-hydrogen) atoms. The van der Waals surface area contributed by atoms with E-state index >= 15 is 0 Å². The highest BCUT2D eigenvalue weighted by molar-refractivity contribution is 6.69. The van der Waals surface area contributed by atoms with Crippen molar-refractivity contribution < 1.29 is 47.5 Å². The largest absolute Gasteiger partial charge is 0.481 e. The van der Waals surface area contributed by atoms with E-state index in [-0.39, 0.29) is 13.0 Å². The summed E-state index contributed by atoms with van der Waals surface area (Å²) >= 11 is 0. The van der Waals surface area contributed by atoms with E-state index in [0.29, 0.717) is 92.5 Å². The summed E-state index contributed by atoms with van der Waals surface area (Å²) in [6.45, 7) is 13.8. The lowest BCUT2D eigenvalue weighted by Crippen LogP contribution is -2.27. The van der Waals surface area contributed by atoms with E-state index in [4.69, 9.17) is 42.7 Å². The molecular weight excluding hydrogens is 428 g/mol. The minimum absolute atomic E-state index is 0.00687. The van der Waals surface area contributed by atoms with Crippen LogP contribution in [0, 0.1) is 0 Å². The fraction of sp³-hybridized carbons (Fsp3) is 0.950. The number of carboxylic acid groups (broad SMARTS) is 1. The van der Waals surface area contributed by atoms with Crippen molar-refractivity contribution in [3.8, 4) is 0 Å². The van der Waals surface area contributed by atoms with Crippen molar-refractivity contribution in [3.63, 3.8) is 0 Å². The van der Waals surface area contributed by atoms with Gasteiger partial charge in [-0.3, -0.25) is 4.79 Å². The van der Waals surface area contributed by atoms with E-state index in [1.54, 1.807) is 0 Å². The molecule has 0 aromatic carbocycles. The van der Waals surface area contributed by atoms with Gasteiger partial charge in [0.05, 0.1) is 106 Å². The molecule has 0 rings (SSSR count). The number of ether oxygens (including phenoxy) is 7. The summed E-state index contributed by atoms with van der Waals surface area (Å²) in [5.41, 5.74) is 0. The highest BCUT2D eigenvalue weighted by atomic mass is 28.4. The van der Waals surface area contributed by atoms with Crippen molar-refractivity contribution in [2.24, 2.45) is 0 Å². The van der Waals surface area contributed by atoms with Crippen molar-refractivity contribution in [3.05, 3.63) is 0 Å². The summed E-state index contributed by atoms with van der Waals surface area (Å²) in [6.07, 6.45) is 0.00687.